The highest BCUT2D eigenvalue weighted by Gasteiger charge is 2.42. The standard InChI is InChI=1S/C12H15F3N2O/c1-17-10(8-5-3-2-4-6-8)9(7-16)11(18)12(13,14)15/h8,17H,2-6H2,1H3. The molecule has 1 saturated carbocycles. The van der Waals surface area contributed by atoms with Crippen molar-refractivity contribution in [2.75, 3.05) is 7.05 Å². The summed E-state index contributed by atoms with van der Waals surface area (Å²) in [7, 11) is 1.45. The molecule has 1 aliphatic carbocycles. The summed E-state index contributed by atoms with van der Waals surface area (Å²) >= 11 is 0. The number of alkyl halides is 3. The van der Waals surface area contributed by atoms with Crippen molar-refractivity contribution in [3.05, 3.63) is 11.3 Å². The van der Waals surface area contributed by atoms with E-state index in [1.807, 2.05) is 0 Å². The molecule has 0 radical (unpaired) electrons. The maximum atomic E-state index is 12.4. The van der Waals surface area contributed by atoms with Gasteiger partial charge in [0.05, 0.1) is 0 Å². The summed E-state index contributed by atoms with van der Waals surface area (Å²) < 4.78 is 37.2. The van der Waals surface area contributed by atoms with E-state index in [0.29, 0.717) is 12.8 Å². The minimum Gasteiger partial charge on any atom is -0.390 e. The lowest BCUT2D eigenvalue weighted by atomic mass is 9.84. The highest BCUT2D eigenvalue weighted by Crippen LogP contribution is 2.31. The van der Waals surface area contributed by atoms with Crippen LogP contribution in [0.4, 0.5) is 13.2 Å². The van der Waals surface area contributed by atoms with Crippen LogP contribution in [0.15, 0.2) is 11.3 Å². The Kier molecular flexibility index (Phi) is 4.76. The molecule has 0 aliphatic heterocycles. The smallest absolute Gasteiger partial charge is 0.390 e. The lowest BCUT2D eigenvalue weighted by Crippen LogP contribution is -2.30. The van der Waals surface area contributed by atoms with E-state index < -0.39 is 17.5 Å². The summed E-state index contributed by atoms with van der Waals surface area (Å²) in [4.78, 5) is 11.2. The van der Waals surface area contributed by atoms with Crippen LogP contribution in [0.2, 0.25) is 0 Å². The summed E-state index contributed by atoms with van der Waals surface area (Å²) in [5.74, 6) is -2.20. The van der Waals surface area contributed by atoms with Crippen LogP contribution in [0.5, 0.6) is 0 Å². The van der Waals surface area contributed by atoms with Crippen LogP contribution >= 0.6 is 0 Å². The van der Waals surface area contributed by atoms with Crippen LogP contribution < -0.4 is 5.32 Å². The van der Waals surface area contributed by atoms with Gasteiger partial charge in [-0.15, -0.1) is 0 Å². The van der Waals surface area contributed by atoms with E-state index in [9.17, 15) is 18.0 Å². The quantitative estimate of drug-likeness (QED) is 0.627. The molecule has 0 aromatic carbocycles. The van der Waals surface area contributed by atoms with Crippen molar-refractivity contribution >= 4 is 5.78 Å². The van der Waals surface area contributed by atoms with Gasteiger partial charge < -0.3 is 5.32 Å². The summed E-state index contributed by atoms with van der Waals surface area (Å²) in [6, 6.07) is 1.40. The van der Waals surface area contributed by atoms with Gasteiger partial charge in [-0.2, -0.15) is 18.4 Å². The monoisotopic (exact) mass is 260 g/mol. The van der Waals surface area contributed by atoms with Crippen LogP contribution in [-0.4, -0.2) is 19.0 Å². The number of rotatable bonds is 3. The van der Waals surface area contributed by atoms with Crippen molar-refractivity contribution in [3.63, 3.8) is 0 Å². The van der Waals surface area contributed by atoms with Crippen molar-refractivity contribution in [2.45, 2.75) is 38.3 Å². The second kappa shape index (κ2) is 5.89. The SMILES string of the molecule is CNC(=C(C#N)C(=O)C(F)(F)F)C1CCCCC1. The zero-order valence-electron chi connectivity index (χ0n) is 10.1. The summed E-state index contributed by atoms with van der Waals surface area (Å²) in [6.45, 7) is 0. The third-order valence-electron chi connectivity index (χ3n) is 3.15. The molecule has 18 heavy (non-hydrogen) atoms. The van der Waals surface area contributed by atoms with E-state index in [-0.39, 0.29) is 11.6 Å². The molecule has 0 heterocycles. The molecule has 0 saturated heterocycles. The topological polar surface area (TPSA) is 52.9 Å². The summed E-state index contributed by atoms with van der Waals surface area (Å²) in [6.07, 6.45) is -0.701. The second-order valence-corrected chi connectivity index (χ2v) is 4.31. The zero-order valence-corrected chi connectivity index (χ0v) is 10.1. The van der Waals surface area contributed by atoms with Gasteiger partial charge >= 0.3 is 6.18 Å². The Morgan fingerprint density at radius 1 is 1.28 bits per heavy atom. The van der Waals surface area contributed by atoms with Gasteiger partial charge in [-0.1, -0.05) is 19.3 Å². The molecule has 1 rings (SSSR count). The first-order valence-corrected chi connectivity index (χ1v) is 5.85. The Bertz CT molecular complexity index is 387. The van der Waals surface area contributed by atoms with Crippen molar-refractivity contribution in [1.82, 2.24) is 5.32 Å². The Labute approximate surface area is 104 Å². The number of ketones is 1. The van der Waals surface area contributed by atoms with Crippen molar-refractivity contribution < 1.29 is 18.0 Å². The van der Waals surface area contributed by atoms with Crippen LogP contribution in [0, 0.1) is 17.2 Å². The molecule has 6 heteroatoms. The Morgan fingerprint density at radius 2 is 1.83 bits per heavy atom. The zero-order chi connectivity index (χ0) is 13.8. The average molecular weight is 260 g/mol. The molecule has 3 nitrogen and oxygen atoms in total. The maximum absolute atomic E-state index is 12.4. The number of allylic oxidation sites excluding steroid dienone is 2. The molecule has 0 spiro atoms. The molecule has 0 bridgehead atoms. The maximum Gasteiger partial charge on any atom is 0.455 e. The first kappa shape index (κ1) is 14.6. The molecule has 0 atom stereocenters. The highest BCUT2D eigenvalue weighted by atomic mass is 19.4. The number of Topliss-reactive ketones (excluding diaryl/α,β-unsaturated/α-hetero) is 1. The van der Waals surface area contributed by atoms with Gasteiger partial charge in [-0.05, 0) is 12.8 Å². The largest absolute Gasteiger partial charge is 0.455 e. The second-order valence-electron chi connectivity index (χ2n) is 4.31. The van der Waals surface area contributed by atoms with Gasteiger partial charge in [0.2, 0.25) is 0 Å². The van der Waals surface area contributed by atoms with E-state index in [2.05, 4.69) is 5.32 Å². The molecule has 0 amide bonds. The number of hydrogen-bond donors (Lipinski definition) is 1. The van der Waals surface area contributed by atoms with Crippen LogP contribution in [0.25, 0.3) is 0 Å². The normalized spacial score (nSPS) is 18.8. The van der Waals surface area contributed by atoms with Gasteiger partial charge in [-0.25, -0.2) is 0 Å². The van der Waals surface area contributed by atoms with Crippen molar-refractivity contribution in [1.29, 1.82) is 5.26 Å². The number of nitriles is 1. The molecule has 0 aromatic rings. The average Bonchev–Trinajstić information content (AvgIpc) is 2.35. The van der Waals surface area contributed by atoms with E-state index in [0.717, 1.165) is 19.3 Å². The van der Waals surface area contributed by atoms with Crippen LogP contribution in [0.1, 0.15) is 32.1 Å². The minimum atomic E-state index is -5.00. The number of nitrogens with one attached hydrogen (secondary N) is 1. The molecule has 1 fully saturated rings. The van der Waals surface area contributed by atoms with Gasteiger partial charge in [0.25, 0.3) is 5.78 Å². The first-order valence-electron chi connectivity index (χ1n) is 5.85. The number of carbonyl (C=O) groups is 1. The highest BCUT2D eigenvalue weighted by molar-refractivity contribution is 6.03. The third-order valence-corrected chi connectivity index (χ3v) is 3.15. The van der Waals surface area contributed by atoms with Gasteiger partial charge in [0.15, 0.2) is 0 Å². The fourth-order valence-electron chi connectivity index (χ4n) is 2.30. The lowest BCUT2D eigenvalue weighted by Gasteiger charge is -2.25. The van der Waals surface area contributed by atoms with Gasteiger partial charge in [0, 0.05) is 18.7 Å². The number of nitrogens with zero attached hydrogens (tertiary/aromatic N) is 1. The van der Waals surface area contributed by atoms with E-state index in [4.69, 9.17) is 5.26 Å². The predicted octanol–water partition coefficient (Wildman–Crippen LogP) is 2.70. The third kappa shape index (κ3) is 3.25. The predicted molar refractivity (Wildman–Crippen MR) is 59.3 cm³/mol. The molecule has 1 aliphatic rings. The minimum absolute atomic E-state index is 0.138. The molecule has 0 unspecified atom stereocenters. The van der Waals surface area contributed by atoms with E-state index in [1.54, 1.807) is 0 Å². The van der Waals surface area contributed by atoms with E-state index in [1.165, 1.54) is 13.1 Å². The number of hydrogen-bond acceptors (Lipinski definition) is 3. The van der Waals surface area contributed by atoms with Crippen molar-refractivity contribution in [3.8, 4) is 6.07 Å². The van der Waals surface area contributed by atoms with Crippen LogP contribution in [0.3, 0.4) is 0 Å². The van der Waals surface area contributed by atoms with Crippen LogP contribution in [-0.2, 0) is 4.79 Å². The van der Waals surface area contributed by atoms with Gasteiger partial charge in [-0.3, -0.25) is 4.79 Å². The van der Waals surface area contributed by atoms with Gasteiger partial charge in [0.1, 0.15) is 11.6 Å². The fourth-order valence-corrected chi connectivity index (χ4v) is 2.30. The summed E-state index contributed by atoms with van der Waals surface area (Å²) in [5.41, 5.74) is -0.656. The lowest BCUT2D eigenvalue weighted by molar-refractivity contribution is -0.166. The first-order chi connectivity index (χ1) is 8.41. The fraction of sp³-hybridized carbons (Fsp3) is 0.667. The molecule has 1 N–H and O–H groups in total. The Hall–Kier alpha value is -1.51. The molecular weight excluding hydrogens is 245 g/mol. The molecular formula is C12H15F3N2O. The van der Waals surface area contributed by atoms with E-state index >= 15 is 0 Å². The summed E-state index contributed by atoms with van der Waals surface area (Å²) in [5, 5.41) is 11.4. The molecule has 0 aromatic heterocycles. The Balaban J connectivity index is 3.09. The number of carbonyl (C=O) groups excluding carboxylic acids is 1. The number of halogens is 3. The van der Waals surface area contributed by atoms with Crippen molar-refractivity contribution in [2.24, 2.45) is 5.92 Å². The molecule has 100 valence electrons. The Morgan fingerprint density at radius 3 is 2.22 bits per heavy atom.